The van der Waals surface area contributed by atoms with E-state index in [2.05, 4.69) is 38.1 Å². The lowest BCUT2D eigenvalue weighted by Crippen LogP contribution is -2.04. The fourth-order valence-corrected chi connectivity index (χ4v) is 2.93. The highest BCUT2D eigenvalue weighted by Gasteiger charge is 2.13. The second-order valence-electron chi connectivity index (χ2n) is 6.28. The zero-order valence-corrected chi connectivity index (χ0v) is 16.1. The molecule has 0 aromatic heterocycles. The van der Waals surface area contributed by atoms with Gasteiger partial charge in [0, 0.05) is 6.42 Å². The van der Waals surface area contributed by atoms with Gasteiger partial charge in [-0.15, -0.1) is 8.42 Å². The quantitative estimate of drug-likeness (QED) is 0.467. The molecule has 0 heterocycles. The minimum atomic E-state index is -3.91. The van der Waals surface area contributed by atoms with Crippen molar-refractivity contribution in [2.75, 3.05) is 13.2 Å². The Hall–Kier alpha value is -1.89. The molecule has 1 atom stereocenters. The molecule has 6 heteroatoms. The van der Waals surface area contributed by atoms with Gasteiger partial charge in [-0.2, -0.15) is 0 Å². The summed E-state index contributed by atoms with van der Waals surface area (Å²) in [5.74, 6) is 1.16. The maximum Gasteiger partial charge on any atom is 0.409 e. The second kappa shape index (κ2) is 9.71. The molecule has 5 nitrogen and oxygen atoms in total. The Morgan fingerprint density at radius 2 is 1.65 bits per heavy atom. The molecule has 0 bridgehead atoms. The van der Waals surface area contributed by atoms with E-state index in [1.807, 2.05) is 0 Å². The topological polar surface area (TPSA) is 75.5 Å². The first-order valence-electron chi connectivity index (χ1n) is 8.79. The van der Waals surface area contributed by atoms with Gasteiger partial charge in [-0.05, 0) is 47.7 Å². The predicted octanol–water partition coefficient (Wildman–Crippen LogP) is 3.60. The van der Waals surface area contributed by atoms with E-state index in [0.717, 1.165) is 18.4 Å². The maximum absolute atomic E-state index is 11.1. The van der Waals surface area contributed by atoms with Gasteiger partial charge in [-0.1, -0.05) is 38.1 Å². The van der Waals surface area contributed by atoms with Gasteiger partial charge in [0.2, 0.25) is 0 Å². The summed E-state index contributed by atoms with van der Waals surface area (Å²) in [5.41, 5.74) is 2.51. The third-order valence-electron chi connectivity index (χ3n) is 4.27. The molecule has 0 aliphatic carbocycles. The number of hydrogen-bond acceptors (Lipinski definition) is 4. The van der Waals surface area contributed by atoms with Crippen LogP contribution in [0.3, 0.4) is 0 Å². The van der Waals surface area contributed by atoms with Crippen LogP contribution in [0.5, 0.6) is 5.75 Å². The highest BCUT2D eigenvalue weighted by atomic mass is 32.2. The smallest absolute Gasteiger partial charge is 0.409 e. The van der Waals surface area contributed by atoms with Crippen LogP contribution in [0.4, 0.5) is 0 Å². The minimum Gasteiger partial charge on any atom is -0.494 e. The van der Waals surface area contributed by atoms with Crippen molar-refractivity contribution in [1.82, 2.24) is 0 Å². The van der Waals surface area contributed by atoms with E-state index < -0.39 is 10.1 Å². The average Bonchev–Trinajstić information content (AvgIpc) is 2.64. The van der Waals surface area contributed by atoms with Crippen molar-refractivity contribution in [3.63, 3.8) is 0 Å². The Labute approximate surface area is 155 Å². The van der Waals surface area contributed by atoms with Crippen molar-refractivity contribution in [3.8, 4) is 5.75 Å². The van der Waals surface area contributed by atoms with Crippen LogP contribution < -0.4 is 4.74 Å². The van der Waals surface area contributed by atoms with Gasteiger partial charge in [0.05, 0.1) is 19.8 Å². The van der Waals surface area contributed by atoms with E-state index in [0.29, 0.717) is 31.5 Å². The van der Waals surface area contributed by atoms with Crippen LogP contribution >= 0.6 is 0 Å². The van der Waals surface area contributed by atoms with Gasteiger partial charge in [-0.25, -0.2) is 0 Å². The van der Waals surface area contributed by atoms with Crippen LogP contribution in [0.15, 0.2) is 53.4 Å². The third-order valence-corrected chi connectivity index (χ3v) is 5.16. The zero-order valence-electron chi connectivity index (χ0n) is 15.3. The summed E-state index contributed by atoms with van der Waals surface area (Å²) in [6.45, 7) is 6.07. The Bertz CT molecular complexity index is 767. The SMILES string of the molecule is CCC(C)c1ccc(COCCCOc2ccc(S(=O)(=O)[OH2+])cc2)cc1. The van der Waals surface area contributed by atoms with Crippen molar-refractivity contribution in [1.29, 1.82) is 0 Å². The van der Waals surface area contributed by atoms with Crippen LogP contribution in [0.1, 0.15) is 43.7 Å². The van der Waals surface area contributed by atoms with E-state index in [1.165, 1.54) is 17.7 Å². The molecule has 0 aliphatic heterocycles. The largest absolute Gasteiger partial charge is 0.494 e. The van der Waals surface area contributed by atoms with Crippen molar-refractivity contribution >= 4 is 10.1 Å². The van der Waals surface area contributed by atoms with E-state index in [1.54, 1.807) is 12.1 Å². The number of rotatable bonds is 10. The summed E-state index contributed by atoms with van der Waals surface area (Å²) >= 11 is 0. The lowest BCUT2D eigenvalue weighted by atomic mass is 9.98. The van der Waals surface area contributed by atoms with E-state index in [4.69, 9.17) is 14.0 Å². The number of hydrogen-bond donors (Lipinski definition) is 0. The molecule has 2 aromatic rings. The lowest BCUT2D eigenvalue weighted by Gasteiger charge is -2.10. The van der Waals surface area contributed by atoms with Crippen molar-refractivity contribution in [3.05, 3.63) is 59.7 Å². The van der Waals surface area contributed by atoms with Gasteiger partial charge in [0.15, 0.2) is 0 Å². The summed E-state index contributed by atoms with van der Waals surface area (Å²) in [5, 5.41) is 0. The monoisotopic (exact) mass is 379 g/mol. The zero-order chi connectivity index (χ0) is 19.0. The van der Waals surface area contributed by atoms with Crippen molar-refractivity contribution in [2.24, 2.45) is 0 Å². The molecule has 142 valence electrons. The molecule has 1 unspecified atom stereocenters. The minimum absolute atomic E-state index is 0.0347. The molecule has 2 N–H and O–H groups in total. The molecule has 2 rings (SSSR count). The molecule has 0 fully saturated rings. The Kier molecular flexibility index (Phi) is 7.63. The van der Waals surface area contributed by atoms with E-state index >= 15 is 0 Å². The van der Waals surface area contributed by atoms with Gasteiger partial charge < -0.3 is 14.0 Å². The molecule has 0 saturated carbocycles. The van der Waals surface area contributed by atoms with E-state index in [-0.39, 0.29) is 4.90 Å². The molecule has 0 amide bonds. The fraction of sp³-hybridized carbons (Fsp3) is 0.400. The molecular formula is C20H27O5S+. The predicted molar refractivity (Wildman–Crippen MR) is 102 cm³/mol. The van der Waals surface area contributed by atoms with Crippen LogP contribution in [-0.4, -0.2) is 26.2 Å². The van der Waals surface area contributed by atoms with Crippen LogP contribution in [0, 0.1) is 0 Å². The second-order valence-corrected chi connectivity index (χ2v) is 7.76. The third kappa shape index (κ3) is 6.44. The first-order valence-corrected chi connectivity index (χ1v) is 10.3. The van der Waals surface area contributed by atoms with Gasteiger partial charge in [0.1, 0.15) is 10.6 Å². The number of benzene rings is 2. The average molecular weight is 379 g/mol. The van der Waals surface area contributed by atoms with Gasteiger partial charge >= 0.3 is 10.1 Å². The Morgan fingerprint density at radius 3 is 2.23 bits per heavy atom. The summed E-state index contributed by atoms with van der Waals surface area (Å²) in [4.78, 5) is -0.0347. The summed E-state index contributed by atoms with van der Waals surface area (Å²) in [7, 11) is -3.91. The molecule has 0 saturated heterocycles. The fourth-order valence-electron chi connectivity index (χ4n) is 2.43. The molecule has 26 heavy (non-hydrogen) atoms. The highest BCUT2D eigenvalue weighted by molar-refractivity contribution is 7.85. The molecule has 0 radical (unpaired) electrons. The Balaban J connectivity index is 1.65. The van der Waals surface area contributed by atoms with E-state index in [9.17, 15) is 8.42 Å². The van der Waals surface area contributed by atoms with Crippen LogP contribution in [0.25, 0.3) is 0 Å². The summed E-state index contributed by atoms with van der Waals surface area (Å²) in [6.07, 6.45) is 1.88. The highest BCUT2D eigenvalue weighted by Crippen LogP contribution is 2.19. The normalized spacial score (nSPS) is 12.7. The molecule has 0 spiro atoms. The molecule has 0 aliphatic rings. The van der Waals surface area contributed by atoms with Gasteiger partial charge in [0.25, 0.3) is 0 Å². The van der Waals surface area contributed by atoms with Gasteiger partial charge in [-0.3, -0.25) is 0 Å². The molecular weight excluding hydrogens is 352 g/mol. The first-order chi connectivity index (χ1) is 12.4. The van der Waals surface area contributed by atoms with Crippen LogP contribution in [0.2, 0.25) is 0 Å². The van der Waals surface area contributed by atoms with Crippen LogP contribution in [-0.2, 0) is 21.5 Å². The molecule has 2 aromatic carbocycles. The maximum atomic E-state index is 11.1. The van der Waals surface area contributed by atoms with Crippen molar-refractivity contribution < 1.29 is 22.4 Å². The standard InChI is InChI=1S/C20H26O5S/c1-3-16(2)18-7-5-17(6-8-18)15-24-13-4-14-25-19-9-11-20(12-10-19)26(21,22)23/h5-12,16H,3-4,13-15H2,1-2H3,(H,21,22,23)/p+1. The number of ether oxygens (including phenoxy) is 2. The summed E-state index contributed by atoms with van der Waals surface area (Å²) in [6, 6.07) is 14.4. The van der Waals surface area contributed by atoms with Crippen molar-refractivity contribution in [2.45, 2.75) is 44.1 Å². The summed E-state index contributed by atoms with van der Waals surface area (Å²) < 4.78 is 40.3. The lowest BCUT2D eigenvalue weighted by molar-refractivity contribution is 0.107. The Morgan fingerprint density at radius 1 is 1.00 bits per heavy atom. The first kappa shape index (κ1) is 20.4.